The van der Waals surface area contributed by atoms with Gasteiger partial charge in [0.05, 0.1) is 0 Å². The molecule has 1 aliphatic rings. The number of carbonyl (C=O) groups is 1. The lowest BCUT2D eigenvalue weighted by molar-refractivity contribution is -0.138. The van der Waals surface area contributed by atoms with Gasteiger partial charge in [-0.15, -0.1) is 0 Å². The Balaban J connectivity index is 1.57. The maximum Gasteiger partial charge on any atom is 0.263 e. The van der Waals surface area contributed by atoms with Crippen LogP contribution in [0.5, 0.6) is 5.75 Å². The molecule has 0 saturated carbocycles. The van der Waals surface area contributed by atoms with Crippen molar-refractivity contribution in [2.75, 3.05) is 31.1 Å². The molecular weight excluding hydrogens is 340 g/mol. The Hall–Kier alpha value is -2.63. The van der Waals surface area contributed by atoms with Crippen molar-refractivity contribution in [2.45, 2.75) is 39.2 Å². The number of anilines is 1. The smallest absolute Gasteiger partial charge is 0.263 e. The Morgan fingerprint density at radius 3 is 2.37 bits per heavy atom. The van der Waals surface area contributed by atoms with Crippen molar-refractivity contribution < 1.29 is 9.53 Å². The Morgan fingerprint density at radius 1 is 1.07 bits per heavy atom. The highest BCUT2D eigenvalue weighted by Gasteiger charge is 2.27. The molecule has 1 amide bonds. The van der Waals surface area contributed by atoms with E-state index in [4.69, 9.17) is 4.74 Å². The van der Waals surface area contributed by atoms with Crippen LogP contribution in [0.3, 0.4) is 0 Å². The zero-order valence-corrected chi connectivity index (χ0v) is 16.6. The maximum atomic E-state index is 12.8. The summed E-state index contributed by atoms with van der Waals surface area (Å²) >= 11 is 0. The maximum absolute atomic E-state index is 12.8. The van der Waals surface area contributed by atoms with Crippen LogP contribution in [0.25, 0.3) is 0 Å². The molecule has 2 aromatic rings. The van der Waals surface area contributed by atoms with Crippen LogP contribution in [-0.2, 0) is 10.2 Å². The summed E-state index contributed by atoms with van der Waals surface area (Å²) in [5.74, 6) is 1.47. The molecule has 1 aliphatic heterocycles. The van der Waals surface area contributed by atoms with Crippen LogP contribution in [0, 0.1) is 0 Å². The summed E-state index contributed by atoms with van der Waals surface area (Å²) in [4.78, 5) is 25.3. The Kier molecular flexibility index (Phi) is 5.63. The van der Waals surface area contributed by atoms with E-state index in [-0.39, 0.29) is 11.3 Å². The highest BCUT2D eigenvalue weighted by atomic mass is 16.5. The van der Waals surface area contributed by atoms with Crippen molar-refractivity contribution >= 4 is 11.9 Å². The van der Waals surface area contributed by atoms with E-state index in [0.29, 0.717) is 19.0 Å². The number of aromatic nitrogens is 2. The first kappa shape index (κ1) is 19.1. The topological polar surface area (TPSA) is 58.6 Å². The van der Waals surface area contributed by atoms with Gasteiger partial charge in [-0.05, 0) is 36.1 Å². The van der Waals surface area contributed by atoms with E-state index in [1.165, 1.54) is 5.56 Å². The third-order valence-electron chi connectivity index (χ3n) is 4.79. The summed E-state index contributed by atoms with van der Waals surface area (Å²) in [7, 11) is 0. The lowest BCUT2D eigenvalue weighted by Gasteiger charge is -2.35. The second kappa shape index (κ2) is 7.94. The van der Waals surface area contributed by atoms with Crippen LogP contribution in [0.15, 0.2) is 42.7 Å². The fourth-order valence-electron chi connectivity index (χ4n) is 3.13. The molecule has 0 spiro atoms. The number of nitrogens with zero attached hydrogens (tertiary/aromatic N) is 4. The number of amides is 1. The van der Waals surface area contributed by atoms with Gasteiger partial charge in [0.25, 0.3) is 5.91 Å². The average molecular weight is 368 g/mol. The molecule has 1 fully saturated rings. The minimum atomic E-state index is -0.514. The summed E-state index contributed by atoms with van der Waals surface area (Å²) in [6, 6.07) is 9.80. The van der Waals surface area contributed by atoms with Gasteiger partial charge in [-0.3, -0.25) is 4.79 Å². The van der Waals surface area contributed by atoms with Crippen LogP contribution in [0.1, 0.15) is 33.3 Å². The van der Waals surface area contributed by atoms with Gasteiger partial charge in [-0.25, -0.2) is 9.97 Å². The summed E-state index contributed by atoms with van der Waals surface area (Å²) in [5.41, 5.74) is 1.23. The van der Waals surface area contributed by atoms with E-state index in [1.54, 1.807) is 18.5 Å². The highest BCUT2D eigenvalue weighted by molar-refractivity contribution is 5.81. The largest absolute Gasteiger partial charge is 0.481 e. The van der Waals surface area contributed by atoms with E-state index in [0.717, 1.165) is 18.8 Å². The van der Waals surface area contributed by atoms with Crippen LogP contribution in [0.4, 0.5) is 5.95 Å². The predicted octanol–water partition coefficient (Wildman–Crippen LogP) is 2.89. The minimum absolute atomic E-state index is 0.0183. The number of piperazine rings is 1. The quantitative estimate of drug-likeness (QED) is 0.830. The molecule has 6 nitrogen and oxygen atoms in total. The standard InChI is InChI=1S/C21H28N4O2/c1-16(27-18-8-5-7-17(15-18)21(2,3)4)19(26)24-11-13-25(14-12-24)20-22-9-6-10-23-20/h5-10,15-16H,11-14H2,1-4H3. The normalized spacial score (nSPS) is 16.1. The SMILES string of the molecule is CC(Oc1cccc(C(C)(C)C)c1)C(=O)N1CCN(c2ncccn2)CC1. The Labute approximate surface area is 161 Å². The van der Waals surface area contributed by atoms with E-state index in [1.807, 2.05) is 30.0 Å². The van der Waals surface area contributed by atoms with Crippen molar-refractivity contribution in [1.82, 2.24) is 14.9 Å². The minimum Gasteiger partial charge on any atom is -0.481 e. The van der Waals surface area contributed by atoms with Gasteiger partial charge in [0.1, 0.15) is 5.75 Å². The number of hydrogen-bond donors (Lipinski definition) is 0. The number of ether oxygens (including phenoxy) is 1. The highest BCUT2D eigenvalue weighted by Crippen LogP contribution is 2.26. The molecule has 1 saturated heterocycles. The van der Waals surface area contributed by atoms with Gasteiger partial charge in [0.15, 0.2) is 6.10 Å². The summed E-state index contributed by atoms with van der Waals surface area (Å²) in [5, 5.41) is 0. The molecule has 144 valence electrons. The van der Waals surface area contributed by atoms with Crippen LogP contribution < -0.4 is 9.64 Å². The third-order valence-corrected chi connectivity index (χ3v) is 4.79. The van der Waals surface area contributed by atoms with Gasteiger partial charge in [0, 0.05) is 38.6 Å². The summed E-state index contributed by atoms with van der Waals surface area (Å²) in [6.45, 7) is 11.0. The van der Waals surface area contributed by atoms with Crippen LogP contribution in [-0.4, -0.2) is 53.1 Å². The Morgan fingerprint density at radius 2 is 1.74 bits per heavy atom. The van der Waals surface area contributed by atoms with E-state index in [2.05, 4.69) is 41.7 Å². The molecule has 1 aromatic carbocycles. The fraction of sp³-hybridized carbons (Fsp3) is 0.476. The zero-order chi connectivity index (χ0) is 19.4. The van der Waals surface area contributed by atoms with Crippen molar-refractivity contribution in [3.05, 3.63) is 48.3 Å². The van der Waals surface area contributed by atoms with Crippen molar-refractivity contribution in [3.8, 4) is 5.75 Å². The molecule has 27 heavy (non-hydrogen) atoms. The first-order valence-electron chi connectivity index (χ1n) is 9.42. The molecule has 1 aromatic heterocycles. The molecule has 1 atom stereocenters. The summed E-state index contributed by atoms with van der Waals surface area (Å²) in [6.07, 6.45) is 2.96. The van der Waals surface area contributed by atoms with Crippen molar-refractivity contribution in [1.29, 1.82) is 0 Å². The first-order chi connectivity index (χ1) is 12.8. The van der Waals surface area contributed by atoms with Crippen molar-refractivity contribution in [2.24, 2.45) is 0 Å². The van der Waals surface area contributed by atoms with Crippen molar-refractivity contribution in [3.63, 3.8) is 0 Å². The molecular formula is C21H28N4O2. The van der Waals surface area contributed by atoms with E-state index >= 15 is 0 Å². The number of hydrogen-bond acceptors (Lipinski definition) is 5. The second-order valence-corrected chi connectivity index (χ2v) is 7.90. The monoisotopic (exact) mass is 368 g/mol. The molecule has 0 aliphatic carbocycles. The van der Waals surface area contributed by atoms with E-state index in [9.17, 15) is 4.79 Å². The third kappa shape index (κ3) is 4.76. The molecule has 6 heteroatoms. The molecule has 0 N–H and O–H groups in total. The lowest BCUT2D eigenvalue weighted by Crippen LogP contribution is -2.52. The molecule has 0 radical (unpaired) electrons. The van der Waals surface area contributed by atoms with Gasteiger partial charge >= 0.3 is 0 Å². The summed E-state index contributed by atoms with van der Waals surface area (Å²) < 4.78 is 5.95. The molecule has 2 heterocycles. The Bertz CT molecular complexity index is 765. The van der Waals surface area contributed by atoms with Gasteiger partial charge in [-0.1, -0.05) is 32.9 Å². The number of benzene rings is 1. The van der Waals surface area contributed by atoms with Gasteiger partial charge < -0.3 is 14.5 Å². The molecule has 3 rings (SSSR count). The number of rotatable bonds is 4. The van der Waals surface area contributed by atoms with Crippen LogP contribution in [0.2, 0.25) is 0 Å². The zero-order valence-electron chi connectivity index (χ0n) is 16.6. The van der Waals surface area contributed by atoms with Gasteiger partial charge in [-0.2, -0.15) is 0 Å². The molecule has 0 bridgehead atoms. The molecule has 1 unspecified atom stereocenters. The number of carbonyl (C=O) groups excluding carboxylic acids is 1. The first-order valence-corrected chi connectivity index (χ1v) is 9.42. The van der Waals surface area contributed by atoms with Crippen LogP contribution >= 0.6 is 0 Å². The predicted molar refractivity (Wildman–Crippen MR) is 106 cm³/mol. The fourth-order valence-corrected chi connectivity index (χ4v) is 3.13. The van der Waals surface area contributed by atoms with Gasteiger partial charge in [0.2, 0.25) is 5.95 Å². The van der Waals surface area contributed by atoms with E-state index < -0.39 is 6.10 Å². The lowest BCUT2D eigenvalue weighted by atomic mass is 9.87. The average Bonchev–Trinajstić information content (AvgIpc) is 2.68. The second-order valence-electron chi connectivity index (χ2n) is 7.90.